The van der Waals surface area contributed by atoms with Crippen LogP contribution in [0, 0.1) is 34.0 Å². The molecule has 1 heteroatoms. The van der Waals surface area contributed by atoms with Crippen molar-refractivity contribution in [3.8, 4) is 0 Å². The average molecular weight is 273 g/mol. The first-order chi connectivity index (χ1) is 9.61. The average Bonchev–Trinajstić information content (AvgIpc) is 3.01. The van der Waals surface area contributed by atoms with Crippen molar-refractivity contribution in [3.63, 3.8) is 0 Å². The van der Waals surface area contributed by atoms with Gasteiger partial charge in [0.2, 0.25) is 0 Å². The van der Waals surface area contributed by atoms with Crippen LogP contribution in [-0.4, -0.2) is 6.04 Å². The van der Waals surface area contributed by atoms with Crippen molar-refractivity contribution in [3.05, 3.63) is 0 Å². The molecular formula is C19H31N. The maximum Gasteiger partial charge on any atom is 0.0104 e. The summed E-state index contributed by atoms with van der Waals surface area (Å²) in [6.45, 7) is 2.61. The summed E-state index contributed by atoms with van der Waals surface area (Å²) in [5, 5.41) is 0. The maximum absolute atomic E-state index is 6.79. The van der Waals surface area contributed by atoms with Gasteiger partial charge in [0.25, 0.3) is 0 Å². The molecule has 5 fully saturated rings. The highest BCUT2D eigenvalue weighted by atomic mass is 14.9. The first-order valence-electron chi connectivity index (χ1n) is 9.37. The normalized spacial score (nSPS) is 63.9. The lowest BCUT2D eigenvalue weighted by Gasteiger charge is -2.56. The van der Waals surface area contributed by atoms with Crippen LogP contribution in [0.3, 0.4) is 0 Å². The fraction of sp³-hybridized carbons (Fsp3) is 1.00. The van der Waals surface area contributed by atoms with Crippen molar-refractivity contribution in [2.75, 3.05) is 0 Å². The van der Waals surface area contributed by atoms with Crippen LogP contribution >= 0.6 is 0 Å². The molecule has 0 heterocycles. The summed E-state index contributed by atoms with van der Waals surface area (Å²) < 4.78 is 0. The van der Waals surface area contributed by atoms with Crippen LogP contribution in [0.2, 0.25) is 0 Å². The van der Waals surface area contributed by atoms with Gasteiger partial charge in [-0.2, -0.15) is 0 Å². The molecule has 5 rings (SSSR count). The zero-order valence-electron chi connectivity index (χ0n) is 13.2. The van der Waals surface area contributed by atoms with Crippen molar-refractivity contribution in [1.82, 2.24) is 0 Å². The van der Waals surface area contributed by atoms with Gasteiger partial charge in [-0.1, -0.05) is 26.2 Å². The van der Waals surface area contributed by atoms with Crippen molar-refractivity contribution in [2.45, 2.75) is 83.6 Å². The molecule has 2 N–H and O–H groups in total. The van der Waals surface area contributed by atoms with Gasteiger partial charge < -0.3 is 5.73 Å². The van der Waals surface area contributed by atoms with Crippen LogP contribution in [0.15, 0.2) is 0 Å². The van der Waals surface area contributed by atoms with Crippen LogP contribution in [-0.2, 0) is 0 Å². The van der Waals surface area contributed by atoms with E-state index in [1.165, 1.54) is 64.2 Å². The Balaban J connectivity index is 1.53. The number of hydrogen-bond acceptors (Lipinski definition) is 1. The lowest BCUT2D eigenvalue weighted by Crippen LogP contribution is -2.53. The molecular weight excluding hydrogens is 242 g/mol. The Kier molecular flexibility index (Phi) is 2.28. The van der Waals surface area contributed by atoms with Gasteiger partial charge in [0.15, 0.2) is 0 Å². The Bertz CT molecular complexity index is 445. The molecule has 0 bridgehead atoms. The lowest BCUT2D eigenvalue weighted by atomic mass is 9.50. The molecule has 5 aliphatic carbocycles. The summed E-state index contributed by atoms with van der Waals surface area (Å²) in [5.41, 5.74) is 8.85. The summed E-state index contributed by atoms with van der Waals surface area (Å²) in [5.74, 6) is 3.10. The van der Waals surface area contributed by atoms with Crippen LogP contribution in [0.5, 0.6) is 0 Å². The van der Waals surface area contributed by atoms with Gasteiger partial charge in [-0.25, -0.2) is 0 Å². The van der Waals surface area contributed by atoms with E-state index in [1.54, 1.807) is 6.42 Å². The van der Waals surface area contributed by atoms with Gasteiger partial charge in [-0.3, -0.25) is 0 Å². The second-order valence-corrected chi connectivity index (χ2v) is 9.50. The first kappa shape index (κ1) is 12.5. The summed E-state index contributed by atoms with van der Waals surface area (Å²) in [6.07, 6.45) is 16.5. The number of hydrogen-bond donors (Lipinski definition) is 1. The number of rotatable bonds is 0. The standard InChI is InChI=1S/C19H31N/c1-17-7-4-5-14(17)13-11-16(20)19-9-3-2-8-18(19,12-19)15(13)6-10-17/h13-16H,2-12,20H2,1H3/t13-,14-,15-,16?,17-,18-,19+/m0/s1. The molecule has 0 saturated heterocycles. The van der Waals surface area contributed by atoms with Gasteiger partial charge in [-0.15, -0.1) is 0 Å². The summed E-state index contributed by atoms with van der Waals surface area (Å²) >= 11 is 0. The van der Waals surface area contributed by atoms with Crippen molar-refractivity contribution >= 4 is 0 Å². The minimum Gasteiger partial charge on any atom is -0.327 e. The lowest BCUT2D eigenvalue weighted by molar-refractivity contribution is -0.0591. The highest BCUT2D eigenvalue weighted by Crippen LogP contribution is 2.82. The molecule has 0 aromatic heterocycles. The summed E-state index contributed by atoms with van der Waals surface area (Å²) in [7, 11) is 0. The smallest absolute Gasteiger partial charge is 0.0104 e. The zero-order valence-corrected chi connectivity index (χ0v) is 13.2. The SMILES string of the molecule is C[C@@]12CCC[C@H]1[C@@H]1CC(N)[C@]34CCCC[C@]3(C4)[C@H]1CC2. The van der Waals surface area contributed by atoms with E-state index in [2.05, 4.69) is 6.92 Å². The quantitative estimate of drug-likeness (QED) is 0.691. The van der Waals surface area contributed by atoms with E-state index in [1.807, 2.05) is 0 Å². The molecule has 0 spiro atoms. The predicted molar refractivity (Wildman–Crippen MR) is 82.2 cm³/mol. The van der Waals surface area contributed by atoms with Gasteiger partial charge in [0, 0.05) is 6.04 Å². The summed E-state index contributed by atoms with van der Waals surface area (Å²) in [6, 6.07) is 0.548. The molecule has 0 aliphatic heterocycles. The Hall–Kier alpha value is -0.0400. The van der Waals surface area contributed by atoms with Gasteiger partial charge >= 0.3 is 0 Å². The van der Waals surface area contributed by atoms with Crippen LogP contribution in [0.25, 0.3) is 0 Å². The molecule has 5 saturated carbocycles. The molecule has 0 amide bonds. The Morgan fingerprint density at radius 3 is 2.50 bits per heavy atom. The van der Waals surface area contributed by atoms with Gasteiger partial charge in [-0.05, 0) is 85.4 Å². The zero-order chi connectivity index (χ0) is 13.6. The second-order valence-electron chi connectivity index (χ2n) is 9.50. The van der Waals surface area contributed by atoms with Gasteiger partial charge in [0.05, 0.1) is 0 Å². The minimum atomic E-state index is 0.548. The fourth-order valence-electron chi connectivity index (χ4n) is 8.26. The molecule has 0 aromatic carbocycles. The highest BCUT2D eigenvalue weighted by molar-refractivity contribution is 5.27. The monoisotopic (exact) mass is 273 g/mol. The van der Waals surface area contributed by atoms with E-state index in [-0.39, 0.29) is 0 Å². The van der Waals surface area contributed by atoms with Gasteiger partial charge in [0.1, 0.15) is 0 Å². The van der Waals surface area contributed by atoms with E-state index >= 15 is 0 Å². The molecule has 0 radical (unpaired) electrons. The Morgan fingerprint density at radius 2 is 1.65 bits per heavy atom. The molecule has 0 aromatic rings. The third kappa shape index (κ3) is 1.22. The molecule has 112 valence electrons. The third-order valence-corrected chi connectivity index (χ3v) is 9.16. The van der Waals surface area contributed by atoms with E-state index < -0.39 is 0 Å². The van der Waals surface area contributed by atoms with E-state index in [0.29, 0.717) is 16.9 Å². The van der Waals surface area contributed by atoms with Crippen LogP contribution < -0.4 is 5.73 Å². The predicted octanol–water partition coefficient (Wildman–Crippen LogP) is 4.50. The van der Waals surface area contributed by atoms with E-state index in [4.69, 9.17) is 5.73 Å². The number of nitrogens with two attached hydrogens (primary N) is 1. The van der Waals surface area contributed by atoms with E-state index in [9.17, 15) is 0 Å². The highest BCUT2D eigenvalue weighted by Gasteiger charge is 2.76. The molecule has 7 atom stereocenters. The van der Waals surface area contributed by atoms with Crippen molar-refractivity contribution in [1.29, 1.82) is 0 Å². The molecule has 5 aliphatic rings. The molecule has 1 unspecified atom stereocenters. The van der Waals surface area contributed by atoms with Crippen LogP contribution in [0.1, 0.15) is 77.6 Å². The van der Waals surface area contributed by atoms with Crippen LogP contribution in [0.4, 0.5) is 0 Å². The molecule has 20 heavy (non-hydrogen) atoms. The topological polar surface area (TPSA) is 26.0 Å². The Morgan fingerprint density at radius 1 is 0.850 bits per heavy atom. The summed E-state index contributed by atoms with van der Waals surface area (Å²) in [4.78, 5) is 0. The minimum absolute atomic E-state index is 0.548. The number of fused-ring (bicyclic) bond motifs is 3. The Labute approximate surface area is 124 Å². The van der Waals surface area contributed by atoms with Crippen molar-refractivity contribution in [2.24, 2.45) is 39.7 Å². The maximum atomic E-state index is 6.79. The van der Waals surface area contributed by atoms with Crippen molar-refractivity contribution < 1.29 is 0 Å². The first-order valence-corrected chi connectivity index (χ1v) is 9.37. The fourth-order valence-corrected chi connectivity index (χ4v) is 8.26. The molecule has 1 nitrogen and oxygen atoms in total. The van der Waals surface area contributed by atoms with E-state index in [0.717, 1.165) is 23.2 Å². The second kappa shape index (κ2) is 3.65. The largest absolute Gasteiger partial charge is 0.327 e. The third-order valence-electron chi connectivity index (χ3n) is 9.16.